The van der Waals surface area contributed by atoms with Crippen molar-refractivity contribution in [2.24, 2.45) is 0 Å². The third kappa shape index (κ3) is 4.04. The Morgan fingerprint density at radius 1 is 1.28 bits per heavy atom. The molecule has 0 saturated carbocycles. The number of aliphatic hydroxyl groups is 1. The van der Waals surface area contributed by atoms with E-state index < -0.39 is 12.5 Å². The van der Waals surface area contributed by atoms with Gasteiger partial charge in [0.1, 0.15) is 6.61 Å². The number of benzene rings is 1. The van der Waals surface area contributed by atoms with Gasteiger partial charge in [-0.2, -0.15) is 5.10 Å². The van der Waals surface area contributed by atoms with Crippen molar-refractivity contribution in [3.63, 3.8) is 0 Å². The lowest BCUT2D eigenvalue weighted by Crippen LogP contribution is -2.21. The van der Waals surface area contributed by atoms with Crippen molar-refractivity contribution < 1.29 is 14.7 Å². The molecule has 180 valence electrons. The number of aliphatic hydroxyl groups excluding tert-OH is 1. The highest BCUT2D eigenvalue weighted by molar-refractivity contribution is 7.19. The van der Waals surface area contributed by atoms with Gasteiger partial charge >= 0.3 is 0 Å². The van der Waals surface area contributed by atoms with Crippen LogP contribution < -0.4 is 5.32 Å². The molecule has 5 rings (SSSR count). The number of aryl methyl sites for hydroxylation is 1. The molecule has 0 fully saturated rings. The number of fused-ring (bicyclic) bond motifs is 3. The molecule has 3 aromatic heterocycles. The molecule has 1 aliphatic carbocycles. The second-order valence-electron chi connectivity index (χ2n) is 8.41. The predicted octanol–water partition coefficient (Wildman–Crippen LogP) is 2.77. The zero-order chi connectivity index (χ0) is 25.4. The standard InChI is InChI=1S/C26H22N6O3S/c1-4-15-12-16(25(35)31(2)3)7-10-20(15)32-23-18(22(30-32)17-6-5-11-27-13-17)8-9-19-24(23)36-26(28-19)29-21(34)14-33/h1,5-7,10-13,33H,8-9,14H2,2-3H3,(H,28,29,34). The Kier molecular flexibility index (Phi) is 6.10. The van der Waals surface area contributed by atoms with Crippen LogP contribution in [-0.4, -0.2) is 62.3 Å². The predicted molar refractivity (Wildman–Crippen MR) is 137 cm³/mol. The summed E-state index contributed by atoms with van der Waals surface area (Å²) in [6.45, 7) is -0.623. The van der Waals surface area contributed by atoms with Crippen molar-refractivity contribution in [1.82, 2.24) is 24.6 Å². The molecule has 4 aromatic rings. The molecule has 2 amide bonds. The number of hydrogen-bond donors (Lipinski definition) is 2. The van der Waals surface area contributed by atoms with Crippen molar-refractivity contribution in [3.05, 3.63) is 65.1 Å². The molecular weight excluding hydrogens is 476 g/mol. The highest BCUT2D eigenvalue weighted by Gasteiger charge is 2.30. The van der Waals surface area contributed by atoms with E-state index in [1.54, 1.807) is 49.4 Å². The first-order valence-corrected chi connectivity index (χ1v) is 12.0. The largest absolute Gasteiger partial charge is 0.387 e. The zero-order valence-corrected chi connectivity index (χ0v) is 20.5. The second-order valence-corrected chi connectivity index (χ2v) is 9.41. The van der Waals surface area contributed by atoms with Crippen molar-refractivity contribution >= 4 is 28.3 Å². The summed E-state index contributed by atoms with van der Waals surface area (Å²) in [7, 11) is 3.38. The van der Waals surface area contributed by atoms with E-state index in [2.05, 4.69) is 21.2 Å². The molecule has 36 heavy (non-hydrogen) atoms. The summed E-state index contributed by atoms with van der Waals surface area (Å²) >= 11 is 1.32. The van der Waals surface area contributed by atoms with Crippen LogP contribution in [0.5, 0.6) is 0 Å². The molecule has 0 bridgehead atoms. The number of hydrogen-bond acceptors (Lipinski definition) is 7. The molecule has 0 saturated heterocycles. The smallest absolute Gasteiger partial charge is 0.253 e. The number of thiazole rings is 1. The summed E-state index contributed by atoms with van der Waals surface area (Å²) in [5.41, 5.74) is 6.01. The molecule has 0 aliphatic heterocycles. The van der Waals surface area contributed by atoms with Gasteiger partial charge < -0.3 is 10.0 Å². The lowest BCUT2D eigenvalue weighted by molar-refractivity contribution is -0.118. The van der Waals surface area contributed by atoms with E-state index in [4.69, 9.17) is 16.6 Å². The van der Waals surface area contributed by atoms with E-state index in [1.807, 2.05) is 12.1 Å². The van der Waals surface area contributed by atoms with Crippen LogP contribution in [0.2, 0.25) is 0 Å². The molecule has 0 spiro atoms. The molecule has 0 unspecified atom stereocenters. The Morgan fingerprint density at radius 3 is 2.81 bits per heavy atom. The van der Waals surface area contributed by atoms with Gasteiger partial charge in [0, 0.05) is 43.2 Å². The Hall–Kier alpha value is -4.33. The lowest BCUT2D eigenvalue weighted by atomic mass is 9.95. The fraction of sp³-hybridized carbons (Fsp3) is 0.192. The number of terminal acetylenes is 1. The van der Waals surface area contributed by atoms with Gasteiger partial charge in [-0.1, -0.05) is 17.3 Å². The minimum Gasteiger partial charge on any atom is -0.387 e. The Bertz CT molecular complexity index is 1530. The fourth-order valence-corrected chi connectivity index (χ4v) is 5.30. The first kappa shape index (κ1) is 23.4. The van der Waals surface area contributed by atoms with Crippen LogP contribution in [0.25, 0.3) is 27.5 Å². The molecule has 0 atom stereocenters. The van der Waals surface area contributed by atoms with Gasteiger partial charge in [-0.25, -0.2) is 9.67 Å². The maximum absolute atomic E-state index is 12.5. The number of amides is 2. The van der Waals surface area contributed by atoms with E-state index in [1.165, 1.54) is 16.2 Å². The number of carbonyl (C=O) groups is 2. The van der Waals surface area contributed by atoms with Crippen LogP contribution in [0.3, 0.4) is 0 Å². The molecular formula is C26H22N6O3S. The summed E-state index contributed by atoms with van der Waals surface area (Å²) < 4.78 is 1.80. The van der Waals surface area contributed by atoms with Gasteiger partial charge in [-0.15, -0.1) is 6.42 Å². The Labute approximate surface area is 211 Å². The van der Waals surface area contributed by atoms with Crippen molar-refractivity contribution in [1.29, 1.82) is 0 Å². The molecule has 1 aliphatic rings. The van der Waals surface area contributed by atoms with Crippen LogP contribution in [0.1, 0.15) is 27.2 Å². The van der Waals surface area contributed by atoms with Crippen LogP contribution in [0.15, 0.2) is 42.7 Å². The summed E-state index contributed by atoms with van der Waals surface area (Å²) in [4.78, 5) is 35.5. The van der Waals surface area contributed by atoms with E-state index in [-0.39, 0.29) is 5.91 Å². The molecule has 0 radical (unpaired) electrons. The number of nitrogens with one attached hydrogen (secondary N) is 1. The zero-order valence-electron chi connectivity index (χ0n) is 19.6. The van der Waals surface area contributed by atoms with Crippen LogP contribution >= 0.6 is 11.3 Å². The van der Waals surface area contributed by atoms with Crippen LogP contribution in [-0.2, 0) is 17.6 Å². The van der Waals surface area contributed by atoms with E-state index in [9.17, 15) is 9.59 Å². The average molecular weight is 499 g/mol. The Morgan fingerprint density at radius 2 is 2.11 bits per heavy atom. The minimum atomic E-state index is -0.623. The fourth-order valence-electron chi connectivity index (χ4n) is 4.22. The number of pyridine rings is 1. The molecule has 9 nitrogen and oxygen atoms in total. The number of anilines is 1. The number of carbonyl (C=O) groups excluding carboxylic acids is 2. The summed E-state index contributed by atoms with van der Waals surface area (Å²) in [6, 6.07) is 9.04. The Balaban J connectivity index is 1.72. The van der Waals surface area contributed by atoms with E-state index in [0.29, 0.717) is 34.8 Å². The quantitative estimate of drug-likeness (QED) is 0.409. The minimum absolute atomic E-state index is 0.148. The van der Waals surface area contributed by atoms with Crippen LogP contribution in [0, 0.1) is 12.3 Å². The van der Waals surface area contributed by atoms with Crippen molar-refractivity contribution in [3.8, 4) is 39.9 Å². The van der Waals surface area contributed by atoms with E-state index in [0.717, 1.165) is 33.1 Å². The molecule has 2 N–H and O–H groups in total. The first-order chi connectivity index (χ1) is 17.4. The van der Waals surface area contributed by atoms with Gasteiger partial charge in [-0.3, -0.25) is 19.9 Å². The summed E-state index contributed by atoms with van der Waals surface area (Å²) in [5.74, 6) is 2.03. The topological polar surface area (TPSA) is 113 Å². The SMILES string of the molecule is C#Cc1cc(C(=O)N(C)C)ccc1-n1nc(-c2cccnc2)c2c1-c1sc(NC(=O)CO)nc1CC2. The normalized spacial score (nSPS) is 11.8. The average Bonchev–Trinajstić information content (AvgIpc) is 3.49. The second kappa shape index (κ2) is 9.37. The highest BCUT2D eigenvalue weighted by atomic mass is 32.1. The van der Waals surface area contributed by atoms with Gasteiger partial charge in [0.2, 0.25) is 0 Å². The number of aromatic nitrogens is 4. The van der Waals surface area contributed by atoms with Gasteiger partial charge in [0.15, 0.2) is 5.13 Å². The highest BCUT2D eigenvalue weighted by Crippen LogP contribution is 2.44. The summed E-state index contributed by atoms with van der Waals surface area (Å²) in [6.07, 6.45) is 10.7. The molecule has 3 heterocycles. The van der Waals surface area contributed by atoms with Crippen LogP contribution in [0.4, 0.5) is 5.13 Å². The maximum Gasteiger partial charge on any atom is 0.253 e. The number of nitrogens with zero attached hydrogens (tertiary/aromatic N) is 5. The van der Waals surface area contributed by atoms with Crippen molar-refractivity contribution in [2.75, 3.05) is 26.0 Å². The molecule has 1 aromatic carbocycles. The summed E-state index contributed by atoms with van der Waals surface area (Å²) in [5, 5.41) is 17.1. The van der Waals surface area contributed by atoms with Gasteiger partial charge in [0.05, 0.1) is 33.2 Å². The van der Waals surface area contributed by atoms with Crippen molar-refractivity contribution in [2.45, 2.75) is 12.8 Å². The lowest BCUT2D eigenvalue weighted by Gasteiger charge is -2.16. The molecule has 10 heteroatoms. The first-order valence-electron chi connectivity index (χ1n) is 11.2. The number of rotatable bonds is 5. The van der Waals surface area contributed by atoms with E-state index >= 15 is 0 Å². The van der Waals surface area contributed by atoms with Gasteiger partial charge in [-0.05, 0) is 43.2 Å². The van der Waals surface area contributed by atoms with Gasteiger partial charge in [0.25, 0.3) is 11.8 Å². The third-order valence-electron chi connectivity index (χ3n) is 5.87. The maximum atomic E-state index is 12.5. The third-order valence-corrected chi connectivity index (χ3v) is 6.89. The monoisotopic (exact) mass is 498 g/mol.